The second kappa shape index (κ2) is 20.7. The Morgan fingerprint density at radius 3 is 1.34 bits per heavy atom. The van der Waals surface area contributed by atoms with Crippen molar-refractivity contribution in [2.24, 2.45) is 0 Å². The zero-order valence-corrected chi connectivity index (χ0v) is 46.7. The molecular formula is C83H56N2. The van der Waals surface area contributed by atoms with Gasteiger partial charge in [-0.25, -0.2) is 0 Å². The van der Waals surface area contributed by atoms with Crippen molar-refractivity contribution in [3.8, 4) is 72.4 Å². The molecule has 15 aromatic rings. The molecule has 0 aliphatic heterocycles. The first-order valence-corrected chi connectivity index (χ1v) is 29.4. The SMILES string of the molecule is c1ccc(-n2c3ccccc3c3cc(-c4ccc(N(c5ccc(-c6ccc(-c7cccc(-c8ccc9ccccc9c8)c7)cc6)cc5)c5ccc(-c6cccc7c6-c6ccccc6C7(c6ccccc6)c6ccccc6)cc5)cc4)ccc32)cc1. The van der Waals surface area contributed by atoms with E-state index in [1.165, 1.54) is 110 Å². The van der Waals surface area contributed by atoms with Gasteiger partial charge in [0, 0.05) is 33.5 Å². The van der Waals surface area contributed by atoms with Crippen LogP contribution in [0.1, 0.15) is 22.3 Å². The number of anilines is 3. The fourth-order valence-corrected chi connectivity index (χ4v) is 13.7. The average Bonchev–Trinajstić information content (AvgIpc) is 3.68. The van der Waals surface area contributed by atoms with E-state index in [9.17, 15) is 0 Å². The van der Waals surface area contributed by atoms with Crippen LogP contribution in [0, 0.1) is 0 Å². The highest BCUT2D eigenvalue weighted by Crippen LogP contribution is 2.58. The van der Waals surface area contributed by atoms with Crippen LogP contribution in [0.5, 0.6) is 0 Å². The molecule has 0 spiro atoms. The number of nitrogens with zero attached hydrogens (tertiary/aromatic N) is 2. The third kappa shape index (κ3) is 8.49. The van der Waals surface area contributed by atoms with E-state index in [1.807, 2.05) is 0 Å². The summed E-state index contributed by atoms with van der Waals surface area (Å²) >= 11 is 0. The van der Waals surface area contributed by atoms with Gasteiger partial charge in [-0.3, -0.25) is 0 Å². The lowest BCUT2D eigenvalue weighted by Gasteiger charge is -2.34. The lowest BCUT2D eigenvalue weighted by molar-refractivity contribution is 0.768. The average molecular weight is 1080 g/mol. The number of hydrogen-bond donors (Lipinski definition) is 0. The highest BCUT2D eigenvalue weighted by Gasteiger charge is 2.46. The van der Waals surface area contributed by atoms with Gasteiger partial charge in [-0.1, -0.05) is 261 Å². The van der Waals surface area contributed by atoms with Crippen molar-refractivity contribution in [3.05, 3.63) is 362 Å². The second-order valence-electron chi connectivity index (χ2n) is 22.4. The summed E-state index contributed by atoms with van der Waals surface area (Å²) in [5.41, 5.74) is 25.9. The standard InChI is InChI=1S/C83H56N2/c1-4-22-68(23-5-1)83(69-24-6-2-7-25-69)78-31-14-12-29-76(78)82-74(30-17-32-79(82)83)62-44-51-73(52-45-62)84(72-49-42-61(43-50-72)67-46-53-81-77(56-67)75-28-13-15-33-80(75)85(81)70-26-8-3-9-27-70)71-47-40-59(41-48-71)58-34-36-60(37-35-58)64-20-16-21-65(54-64)66-39-38-57-18-10-11-19-63(57)55-66/h1-56H. The smallest absolute Gasteiger partial charge is 0.0713 e. The number of benzene rings is 14. The van der Waals surface area contributed by atoms with Crippen molar-refractivity contribution in [3.63, 3.8) is 0 Å². The maximum absolute atomic E-state index is 2.39. The van der Waals surface area contributed by atoms with Crippen LogP contribution in [0.3, 0.4) is 0 Å². The van der Waals surface area contributed by atoms with Crippen molar-refractivity contribution in [2.75, 3.05) is 4.90 Å². The van der Waals surface area contributed by atoms with E-state index in [-0.39, 0.29) is 0 Å². The monoisotopic (exact) mass is 1080 g/mol. The summed E-state index contributed by atoms with van der Waals surface area (Å²) in [6.45, 7) is 0. The zero-order chi connectivity index (χ0) is 56.3. The Morgan fingerprint density at radius 2 is 0.682 bits per heavy atom. The first-order chi connectivity index (χ1) is 42.1. The van der Waals surface area contributed by atoms with Gasteiger partial charge in [0.25, 0.3) is 0 Å². The molecule has 0 amide bonds. The summed E-state index contributed by atoms with van der Waals surface area (Å²) < 4.78 is 2.38. The Kier molecular flexibility index (Phi) is 12.1. The van der Waals surface area contributed by atoms with Gasteiger partial charge < -0.3 is 9.47 Å². The first kappa shape index (κ1) is 49.7. The Bertz CT molecular complexity index is 4910. The molecule has 0 atom stereocenters. The Balaban J connectivity index is 0.762. The molecule has 85 heavy (non-hydrogen) atoms. The zero-order valence-electron chi connectivity index (χ0n) is 46.7. The highest BCUT2D eigenvalue weighted by molar-refractivity contribution is 6.10. The predicted molar refractivity (Wildman–Crippen MR) is 357 cm³/mol. The first-order valence-electron chi connectivity index (χ1n) is 29.4. The summed E-state index contributed by atoms with van der Waals surface area (Å²) in [6, 6.07) is 125. The minimum absolute atomic E-state index is 0.473. The number of aromatic nitrogens is 1. The lowest BCUT2D eigenvalue weighted by Crippen LogP contribution is -2.28. The van der Waals surface area contributed by atoms with E-state index >= 15 is 0 Å². The maximum Gasteiger partial charge on any atom is 0.0713 e. The van der Waals surface area contributed by atoms with Gasteiger partial charge in [-0.05, 0) is 179 Å². The molecule has 0 N–H and O–H groups in total. The maximum atomic E-state index is 2.39. The number of para-hydroxylation sites is 2. The van der Waals surface area contributed by atoms with Crippen molar-refractivity contribution in [2.45, 2.75) is 5.41 Å². The molecule has 0 radical (unpaired) electrons. The van der Waals surface area contributed by atoms with Gasteiger partial charge in [-0.15, -0.1) is 0 Å². The van der Waals surface area contributed by atoms with Crippen LogP contribution in [0.4, 0.5) is 17.1 Å². The van der Waals surface area contributed by atoms with Crippen LogP contribution in [0.15, 0.2) is 340 Å². The van der Waals surface area contributed by atoms with E-state index in [1.54, 1.807) is 0 Å². The molecule has 16 rings (SSSR count). The molecule has 398 valence electrons. The van der Waals surface area contributed by atoms with E-state index in [4.69, 9.17) is 0 Å². The third-order valence-corrected chi connectivity index (χ3v) is 17.7. The quantitative estimate of drug-likeness (QED) is 0.125. The summed E-state index contributed by atoms with van der Waals surface area (Å²) in [7, 11) is 0. The van der Waals surface area contributed by atoms with Crippen molar-refractivity contribution in [1.82, 2.24) is 4.57 Å². The fraction of sp³-hybridized carbons (Fsp3) is 0.0120. The normalized spacial score (nSPS) is 12.3. The molecule has 0 unspecified atom stereocenters. The minimum Gasteiger partial charge on any atom is -0.311 e. The lowest BCUT2D eigenvalue weighted by atomic mass is 9.67. The second-order valence-corrected chi connectivity index (χ2v) is 22.4. The van der Waals surface area contributed by atoms with E-state index in [0.717, 1.165) is 33.9 Å². The molecule has 0 fully saturated rings. The Hall–Kier alpha value is -11.1. The largest absolute Gasteiger partial charge is 0.311 e. The summed E-state index contributed by atoms with van der Waals surface area (Å²) in [5.74, 6) is 0. The van der Waals surface area contributed by atoms with E-state index in [0.29, 0.717) is 0 Å². The fourth-order valence-electron chi connectivity index (χ4n) is 13.7. The minimum atomic E-state index is -0.473. The van der Waals surface area contributed by atoms with Gasteiger partial charge in [0.1, 0.15) is 0 Å². The van der Waals surface area contributed by atoms with Crippen LogP contribution in [0.25, 0.3) is 105 Å². The highest BCUT2D eigenvalue weighted by atomic mass is 15.1. The number of fused-ring (bicyclic) bond motifs is 7. The van der Waals surface area contributed by atoms with Crippen LogP contribution in [0.2, 0.25) is 0 Å². The van der Waals surface area contributed by atoms with E-state index in [2.05, 4.69) is 349 Å². The van der Waals surface area contributed by atoms with Gasteiger partial charge >= 0.3 is 0 Å². The molecule has 2 nitrogen and oxygen atoms in total. The third-order valence-electron chi connectivity index (χ3n) is 17.7. The van der Waals surface area contributed by atoms with Crippen LogP contribution >= 0.6 is 0 Å². The van der Waals surface area contributed by atoms with Crippen LogP contribution in [-0.2, 0) is 5.41 Å². The van der Waals surface area contributed by atoms with E-state index < -0.39 is 5.41 Å². The van der Waals surface area contributed by atoms with Crippen molar-refractivity contribution >= 4 is 49.6 Å². The Morgan fingerprint density at radius 1 is 0.247 bits per heavy atom. The van der Waals surface area contributed by atoms with Gasteiger partial charge in [0.05, 0.1) is 16.4 Å². The topological polar surface area (TPSA) is 8.17 Å². The summed E-state index contributed by atoms with van der Waals surface area (Å²) in [4.78, 5) is 2.39. The number of hydrogen-bond acceptors (Lipinski definition) is 1. The molecule has 1 heterocycles. The molecule has 0 bridgehead atoms. The van der Waals surface area contributed by atoms with Crippen LogP contribution < -0.4 is 4.90 Å². The molecule has 14 aromatic carbocycles. The molecule has 1 aromatic heterocycles. The van der Waals surface area contributed by atoms with Gasteiger partial charge in [-0.2, -0.15) is 0 Å². The van der Waals surface area contributed by atoms with Crippen LogP contribution in [-0.4, -0.2) is 4.57 Å². The predicted octanol–water partition coefficient (Wildman–Crippen LogP) is 22.1. The van der Waals surface area contributed by atoms with Crippen molar-refractivity contribution in [1.29, 1.82) is 0 Å². The van der Waals surface area contributed by atoms with Crippen molar-refractivity contribution < 1.29 is 0 Å². The summed E-state index contributed by atoms with van der Waals surface area (Å²) in [5, 5.41) is 4.99. The summed E-state index contributed by atoms with van der Waals surface area (Å²) in [6.07, 6.45) is 0. The molecule has 0 saturated carbocycles. The Labute approximate surface area is 496 Å². The molecular weight excluding hydrogens is 1020 g/mol. The molecule has 1 aliphatic rings. The molecule has 1 aliphatic carbocycles. The molecule has 0 saturated heterocycles. The van der Waals surface area contributed by atoms with Gasteiger partial charge in [0.15, 0.2) is 0 Å². The van der Waals surface area contributed by atoms with Gasteiger partial charge in [0.2, 0.25) is 0 Å². The number of rotatable bonds is 11. The molecule has 2 heteroatoms.